The lowest BCUT2D eigenvalue weighted by atomic mass is 9.88. The van der Waals surface area contributed by atoms with Crippen LogP contribution in [-0.4, -0.2) is 30.6 Å². The molecule has 0 bridgehead atoms. The summed E-state index contributed by atoms with van der Waals surface area (Å²) >= 11 is 0. The predicted molar refractivity (Wildman–Crippen MR) is 91.9 cm³/mol. The van der Waals surface area contributed by atoms with Crippen molar-refractivity contribution in [3.63, 3.8) is 0 Å². The molecule has 1 aromatic carbocycles. The van der Waals surface area contributed by atoms with Crippen LogP contribution < -0.4 is 15.4 Å². The third-order valence-corrected chi connectivity index (χ3v) is 4.58. The SMILES string of the molecule is COc1cc(NC(=O)[C@@H]2NCC[C@H]2C(C)C)ccc1-c1cnco1. The van der Waals surface area contributed by atoms with E-state index in [-0.39, 0.29) is 11.9 Å². The first-order valence-corrected chi connectivity index (χ1v) is 8.21. The zero-order valence-corrected chi connectivity index (χ0v) is 14.2. The molecule has 2 atom stereocenters. The molecule has 1 aromatic heterocycles. The third kappa shape index (κ3) is 3.28. The maximum absolute atomic E-state index is 12.6. The molecule has 6 heteroatoms. The van der Waals surface area contributed by atoms with Crippen LogP contribution in [0.25, 0.3) is 11.3 Å². The van der Waals surface area contributed by atoms with Gasteiger partial charge in [0.2, 0.25) is 5.91 Å². The predicted octanol–water partition coefficient (Wildman–Crippen LogP) is 2.92. The molecule has 1 amide bonds. The molecular weight excluding hydrogens is 306 g/mol. The van der Waals surface area contributed by atoms with Gasteiger partial charge in [-0.2, -0.15) is 0 Å². The summed E-state index contributed by atoms with van der Waals surface area (Å²) in [6, 6.07) is 5.36. The van der Waals surface area contributed by atoms with Crippen LogP contribution in [0.5, 0.6) is 5.75 Å². The Morgan fingerprint density at radius 3 is 2.96 bits per heavy atom. The van der Waals surface area contributed by atoms with E-state index >= 15 is 0 Å². The van der Waals surface area contributed by atoms with Crippen molar-refractivity contribution < 1.29 is 13.9 Å². The van der Waals surface area contributed by atoms with Gasteiger partial charge in [0.05, 0.1) is 24.9 Å². The minimum atomic E-state index is -0.148. The largest absolute Gasteiger partial charge is 0.496 e. The molecule has 0 spiro atoms. The lowest BCUT2D eigenvalue weighted by Crippen LogP contribution is -2.41. The molecule has 3 rings (SSSR count). The van der Waals surface area contributed by atoms with Crippen LogP contribution in [-0.2, 0) is 4.79 Å². The van der Waals surface area contributed by atoms with Gasteiger partial charge in [0.25, 0.3) is 0 Å². The summed E-state index contributed by atoms with van der Waals surface area (Å²) in [7, 11) is 1.59. The fourth-order valence-corrected chi connectivity index (χ4v) is 3.27. The average Bonchev–Trinajstić information content (AvgIpc) is 3.26. The van der Waals surface area contributed by atoms with Gasteiger partial charge in [0.1, 0.15) is 5.75 Å². The van der Waals surface area contributed by atoms with Gasteiger partial charge >= 0.3 is 0 Å². The molecule has 2 heterocycles. The standard InChI is InChI=1S/C18H23N3O3/c1-11(2)13-6-7-20-17(13)18(22)21-12-4-5-14(15(8-12)23-3)16-9-19-10-24-16/h4-5,8-11,13,17,20H,6-7H2,1-3H3,(H,21,22)/t13-,17+/m0/s1. The minimum absolute atomic E-state index is 0.000619. The molecule has 1 fully saturated rings. The van der Waals surface area contributed by atoms with E-state index in [0.29, 0.717) is 29.0 Å². The van der Waals surface area contributed by atoms with Gasteiger partial charge in [0.15, 0.2) is 12.2 Å². The molecule has 1 aliphatic heterocycles. The number of nitrogens with one attached hydrogen (secondary N) is 2. The van der Waals surface area contributed by atoms with Crippen molar-refractivity contribution in [2.24, 2.45) is 11.8 Å². The zero-order chi connectivity index (χ0) is 17.1. The first kappa shape index (κ1) is 16.5. The van der Waals surface area contributed by atoms with Gasteiger partial charge < -0.3 is 19.8 Å². The number of carbonyl (C=O) groups is 1. The van der Waals surface area contributed by atoms with Gasteiger partial charge in [-0.05, 0) is 36.9 Å². The van der Waals surface area contributed by atoms with Crippen LogP contribution in [0.1, 0.15) is 20.3 Å². The summed E-state index contributed by atoms with van der Waals surface area (Å²) in [5, 5.41) is 6.29. The number of carbonyl (C=O) groups excluding carboxylic acids is 1. The highest BCUT2D eigenvalue weighted by atomic mass is 16.5. The normalized spacial score (nSPS) is 20.3. The van der Waals surface area contributed by atoms with Crippen molar-refractivity contribution in [1.82, 2.24) is 10.3 Å². The summed E-state index contributed by atoms with van der Waals surface area (Å²) in [6.07, 6.45) is 4.04. The quantitative estimate of drug-likeness (QED) is 0.882. The molecule has 24 heavy (non-hydrogen) atoms. The van der Waals surface area contributed by atoms with Crippen molar-refractivity contribution in [2.75, 3.05) is 19.0 Å². The van der Waals surface area contributed by atoms with Crippen molar-refractivity contribution in [3.8, 4) is 17.1 Å². The molecule has 1 saturated heterocycles. The van der Waals surface area contributed by atoms with Crippen molar-refractivity contribution in [1.29, 1.82) is 0 Å². The second kappa shape index (κ2) is 7.05. The molecule has 2 aromatic rings. The van der Waals surface area contributed by atoms with Gasteiger partial charge in [-0.1, -0.05) is 13.8 Å². The minimum Gasteiger partial charge on any atom is -0.496 e. The molecule has 1 aliphatic rings. The van der Waals surface area contributed by atoms with E-state index in [4.69, 9.17) is 9.15 Å². The number of hydrogen-bond acceptors (Lipinski definition) is 5. The van der Waals surface area contributed by atoms with E-state index in [9.17, 15) is 4.79 Å². The summed E-state index contributed by atoms with van der Waals surface area (Å²) in [4.78, 5) is 16.5. The van der Waals surface area contributed by atoms with Crippen LogP contribution in [0.2, 0.25) is 0 Å². The molecule has 2 N–H and O–H groups in total. The number of benzene rings is 1. The monoisotopic (exact) mass is 329 g/mol. The maximum Gasteiger partial charge on any atom is 0.241 e. The zero-order valence-electron chi connectivity index (χ0n) is 14.2. The Kier molecular flexibility index (Phi) is 4.85. The molecular formula is C18H23N3O3. The Morgan fingerprint density at radius 2 is 2.29 bits per heavy atom. The second-order valence-corrected chi connectivity index (χ2v) is 6.40. The van der Waals surface area contributed by atoms with E-state index < -0.39 is 0 Å². The second-order valence-electron chi connectivity index (χ2n) is 6.40. The number of methoxy groups -OCH3 is 1. The maximum atomic E-state index is 12.6. The number of anilines is 1. The number of amides is 1. The highest BCUT2D eigenvalue weighted by molar-refractivity contribution is 5.95. The Balaban J connectivity index is 1.77. The molecule has 0 saturated carbocycles. The first-order chi connectivity index (χ1) is 11.6. The van der Waals surface area contributed by atoms with E-state index in [0.717, 1.165) is 18.5 Å². The van der Waals surface area contributed by atoms with E-state index in [1.165, 1.54) is 6.39 Å². The van der Waals surface area contributed by atoms with Gasteiger partial charge in [-0.3, -0.25) is 4.79 Å². The molecule has 0 unspecified atom stereocenters. The summed E-state index contributed by atoms with van der Waals surface area (Å²) in [5.74, 6) is 2.09. The summed E-state index contributed by atoms with van der Waals surface area (Å²) < 4.78 is 10.7. The Bertz CT molecular complexity index is 698. The van der Waals surface area contributed by atoms with E-state index in [1.54, 1.807) is 19.4 Å². The van der Waals surface area contributed by atoms with Gasteiger partial charge in [0, 0.05) is 11.8 Å². The van der Waals surface area contributed by atoms with Crippen LogP contribution in [0.15, 0.2) is 35.2 Å². The summed E-state index contributed by atoms with van der Waals surface area (Å²) in [5.41, 5.74) is 1.50. The number of oxazole rings is 1. The Labute approximate surface area is 141 Å². The molecule has 128 valence electrons. The van der Waals surface area contributed by atoms with Gasteiger partial charge in [-0.15, -0.1) is 0 Å². The van der Waals surface area contributed by atoms with Crippen molar-refractivity contribution >= 4 is 11.6 Å². The van der Waals surface area contributed by atoms with Crippen LogP contribution in [0.4, 0.5) is 5.69 Å². The number of nitrogens with zero attached hydrogens (tertiary/aromatic N) is 1. The first-order valence-electron chi connectivity index (χ1n) is 8.21. The molecule has 0 aliphatic carbocycles. The number of hydrogen-bond donors (Lipinski definition) is 2. The van der Waals surface area contributed by atoms with Crippen molar-refractivity contribution in [2.45, 2.75) is 26.3 Å². The lowest BCUT2D eigenvalue weighted by Gasteiger charge is -2.22. The number of ether oxygens (including phenoxy) is 1. The Morgan fingerprint density at radius 1 is 1.46 bits per heavy atom. The third-order valence-electron chi connectivity index (χ3n) is 4.58. The van der Waals surface area contributed by atoms with Crippen LogP contribution in [0, 0.1) is 11.8 Å². The topological polar surface area (TPSA) is 76.4 Å². The fourth-order valence-electron chi connectivity index (χ4n) is 3.27. The molecule has 6 nitrogen and oxygen atoms in total. The highest BCUT2D eigenvalue weighted by Gasteiger charge is 2.34. The molecule has 0 radical (unpaired) electrons. The van der Waals surface area contributed by atoms with Crippen LogP contribution >= 0.6 is 0 Å². The smallest absolute Gasteiger partial charge is 0.241 e. The number of aromatic nitrogens is 1. The van der Waals surface area contributed by atoms with Gasteiger partial charge in [-0.25, -0.2) is 4.98 Å². The average molecular weight is 329 g/mol. The highest BCUT2D eigenvalue weighted by Crippen LogP contribution is 2.32. The lowest BCUT2D eigenvalue weighted by molar-refractivity contribution is -0.119. The Hall–Kier alpha value is -2.34. The summed E-state index contributed by atoms with van der Waals surface area (Å²) in [6.45, 7) is 5.20. The van der Waals surface area contributed by atoms with Crippen LogP contribution in [0.3, 0.4) is 0 Å². The van der Waals surface area contributed by atoms with Crippen molar-refractivity contribution in [3.05, 3.63) is 30.8 Å². The van der Waals surface area contributed by atoms with E-state index in [1.807, 2.05) is 12.1 Å². The van der Waals surface area contributed by atoms with E-state index in [2.05, 4.69) is 29.5 Å². The number of rotatable bonds is 5. The fraction of sp³-hybridized carbons (Fsp3) is 0.444.